The zero-order valence-electron chi connectivity index (χ0n) is 39.8. The number of allylic oxidation sites excluding steroid dienone is 1. The minimum atomic E-state index is -0.338. The lowest BCUT2D eigenvalue weighted by molar-refractivity contribution is -0.227. The van der Waals surface area contributed by atoms with Gasteiger partial charge in [-0.05, 0) is 174 Å². The van der Waals surface area contributed by atoms with Gasteiger partial charge in [-0.1, -0.05) is 48.9 Å². The number of ether oxygens (including phenoxy) is 5. The lowest BCUT2D eigenvalue weighted by atomic mass is 9.87. The van der Waals surface area contributed by atoms with Crippen molar-refractivity contribution in [3.05, 3.63) is 125 Å². The third-order valence-electron chi connectivity index (χ3n) is 14.1. The topological polar surface area (TPSA) is 137 Å². The van der Waals surface area contributed by atoms with E-state index in [1.165, 1.54) is 21.4 Å². The van der Waals surface area contributed by atoms with E-state index in [1.807, 2.05) is 77.9 Å². The summed E-state index contributed by atoms with van der Waals surface area (Å²) < 4.78 is 29.6. The quantitative estimate of drug-likeness (QED) is 0.0343. The van der Waals surface area contributed by atoms with Gasteiger partial charge in [-0.15, -0.1) is 0 Å². The van der Waals surface area contributed by atoms with Gasteiger partial charge in [0.25, 0.3) is 6.47 Å². The molecule has 1 saturated carbocycles. The van der Waals surface area contributed by atoms with Crippen LogP contribution in [0.5, 0.6) is 11.5 Å². The highest BCUT2D eigenvalue weighted by Gasteiger charge is 2.43. The second kappa shape index (κ2) is 20.8. The summed E-state index contributed by atoms with van der Waals surface area (Å²) in [6.07, 6.45) is 10.4. The summed E-state index contributed by atoms with van der Waals surface area (Å²) in [5.41, 5.74) is 7.91. The number of piperidine rings is 2. The molecule has 6 unspecified atom stereocenters. The number of nitriles is 1. The van der Waals surface area contributed by atoms with Gasteiger partial charge in [0.1, 0.15) is 30.8 Å². The molecule has 12 heteroatoms. The van der Waals surface area contributed by atoms with Gasteiger partial charge in [0.15, 0.2) is 0 Å². The van der Waals surface area contributed by atoms with Crippen LogP contribution >= 0.6 is 0 Å². The molecule has 0 bridgehead atoms. The molecule has 1 aliphatic carbocycles. The zero-order valence-corrected chi connectivity index (χ0v) is 39.8. The molecule has 0 amide bonds. The van der Waals surface area contributed by atoms with Gasteiger partial charge in [-0.2, -0.15) is 15.4 Å². The lowest BCUT2D eigenvalue weighted by Gasteiger charge is -2.45. The van der Waals surface area contributed by atoms with Crippen LogP contribution in [0.2, 0.25) is 0 Å². The Morgan fingerprint density at radius 2 is 1.25 bits per heavy atom. The smallest absolute Gasteiger partial charge is 0.299 e. The van der Waals surface area contributed by atoms with Crippen molar-refractivity contribution in [3.8, 4) is 17.6 Å². The maximum atomic E-state index is 10.9. The summed E-state index contributed by atoms with van der Waals surface area (Å²) in [5, 5.41) is 33.2. The Bertz CT molecular complexity index is 2340. The Hall–Kier alpha value is -5.52. The van der Waals surface area contributed by atoms with E-state index in [4.69, 9.17) is 23.7 Å². The fourth-order valence-corrected chi connectivity index (χ4v) is 10.9. The van der Waals surface area contributed by atoms with E-state index in [1.54, 1.807) is 6.08 Å². The highest BCUT2D eigenvalue weighted by atomic mass is 16.5. The molecule has 4 aromatic rings. The van der Waals surface area contributed by atoms with Crippen LogP contribution < -0.4 is 14.4 Å². The summed E-state index contributed by atoms with van der Waals surface area (Å²) in [7, 11) is 0. The zero-order chi connectivity index (χ0) is 47.3. The van der Waals surface area contributed by atoms with Gasteiger partial charge in [-0.3, -0.25) is 4.79 Å². The standard InChI is InChI=1S/C55H66N4O8/c1-37-28-46(33-54(3,4)58(37)61)65-26-24-63-44-19-13-41(14-20-44)50(42-15-21-45(22-16-42)64-25-27-66-47-29-38(2)59(62)55(5,6)34-47)31-39-10-17-43(18-11-39)57-52-9-7-8-49(52)51-32-40(12-23-53(51)57)30-48(35-56)67-36-60/h10-23,30-32,36-38,46-47,49,52,61-62H,7-9,24-29,33-34H2,1-6H3/b48-30-,50-31?. The Labute approximate surface area is 395 Å². The fraction of sp³-hybridized carbons (Fsp3) is 0.455. The first-order valence-electron chi connectivity index (χ1n) is 23.9. The number of carbonyl (C=O) groups excluding carboxylic acids is 1. The molecule has 3 fully saturated rings. The summed E-state index contributed by atoms with van der Waals surface area (Å²) >= 11 is 0. The summed E-state index contributed by atoms with van der Waals surface area (Å²) in [4.78, 5) is 13.4. The van der Waals surface area contributed by atoms with Crippen molar-refractivity contribution in [2.24, 2.45) is 0 Å². The first-order valence-corrected chi connectivity index (χ1v) is 23.9. The number of fused-ring (bicyclic) bond motifs is 3. The molecule has 4 aromatic carbocycles. The molecule has 2 saturated heterocycles. The molecule has 3 aliphatic heterocycles. The molecule has 4 aliphatic rings. The maximum absolute atomic E-state index is 10.9. The molecule has 3 heterocycles. The number of anilines is 2. The molecule has 12 nitrogen and oxygen atoms in total. The van der Waals surface area contributed by atoms with E-state index in [2.05, 4.69) is 71.6 Å². The Balaban J connectivity index is 0.977. The first-order chi connectivity index (χ1) is 32.2. The Kier molecular flexibility index (Phi) is 14.9. The number of hydrogen-bond acceptors (Lipinski definition) is 12. The molecule has 6 atom stereocenters. The summed E-state index contributed by atoms with van der Waals surface area (Å²) in [6, 6.07) is 33.8. The molecule has 2 N–H and O–H groups in total. The minimum absolute atomic E-state index is 0.0304. The van der Waals surface area contributed by atoms with Crippen molar-refractivity contribution in [2.45, 2.75) is 134 Å². The highest BCUT2D eigenvalue weighted by Crippen LogP contribution is 2.52. The number of nitrogens with zero attached hydrogens (tertiary/aromatic N) is 4. The summed E-state index contributed by atoms with van der Waals surface area (Å²) in [5.74, 6) is 1.88. The lowest BCUT2D eigenvalue weighted by Crippen LogP contribution is -2.54. The number of hydroxylamine groups is 4. The number of carbonyl (C=O) groups is 1. The van der Waals surface area contributed by atoms with Crippen molar-refractivity contribution >= 4 is 35.6 Å². The van der Waals surface area contributed by atoms with Crippen molar-refractivity contribution in [3.63, 3.8) is 0 Å². The van der Waals surface area contributed by atoms with E-state index < -0.39 is 0 Å². The maximum Gasteiger partial charge on any atom is 0.299 e. The Morgan fingerprint density at radius 3 is 1.76 bits per heavy atom. The Morgan fingerprint density at radius 1 is 0.716 bits per heavy atom. The minimum Gasteiger partial charge on any atom is -0.491 e. The normalized spacial score (nSPS) is 24.6. The number of benzene rings is 4. The third-order valence-corrected chi connectivity index (χ3v) is 14.1. The molecule has 0 aromatic heterocycles. The van der Waals surface area contributed by atoms with Gasteiger partial charge in [0.2, 0.25) is 5.76 Å². The van der Waals surface area contributed by atoms with Crippen LogP contribution in [0.3, 0.4) is 0 Å². The molecular formula is C55H66N4O8. The fourth-order valence-electron chi connectivity index (χ4n) is 10.9. The van der Waals surface area contributed by atoms with Crippen LogP contribution in [0, 0.1) is 11.3 Å². The van der Waals surface area contributed by atoms with Gasteiger partial charge in [-0.25, -0.2) is 0 Å². The van der Waals surface area contributed by atoms with Crippen LogP contribution in [0.25, 0.3) is 17.7 Å². The molecule has 354 valence electrons. The highest BCUT2D eigenvalue weighted by molar-refractivity contribution is 5.92. The largest absolute Gasteiger partial charge is 0.491 e. The average molecular weight is 911 g/mol. The van der Waals surface area contributed by atoms with Crippen molar-refractivity contribution in [1.82, 2.24) is 10.1 Å². The molecule has 0 radical (unpaired) electrons. The van der Waals surface area contributed by atoms with Gasteiger partial charge < -0.3 is 39.0 Å². The van der Waals surface area contributed by atoms with E-state index in [-0.39, 0.29) is 47.6 Å². The first kappa shape index (κ1) is 48.0. The molecule has 67 heavy (non-hydrogen) atoms. The van der Waals surface area contributed by atoms with Crippen LogP contribution in [0.15, 0.2) is 96.8 Å². The number of hydrogen-bond donors (Lipinski definition) is 2. The van der Waals surface area contributed by atoms with Crippen LogP contribution in [0.1, 0.15) is 120 Å². The molecular weight excluding hydrogens is 845 g/mol. The predicted molar refractivity (Wildman–Crippen MR) is 259 cm³/mol. The monoisotopic (exact) mass is 910 g/mol. The molecule has 0 spiro atoms. The SMILES string of the molecule is CC1CC(OCCOc2ccc(C(=Cc3ccc(N4c5ccc(/C=C(/C#N)OC=O)cc5C5CCCC54)cc3)c3ccc(OCCOC4CC(C)N(O)C(C)(C)C4)cc3)cc2)CC(C)(C)N1O. The molecule has 8 rings (SSSR count). The average Bonchev–Trinajstić information content (AvgIpc) is 3.91. The van der Waals surface area contributed by atoms with Gasteiger partial charge in [0, 0.05) is 46.5 Å². The van der Waals surface area contributed by atoms with Crippen LogP contribution in [0.4, 0.5) is 11.4 Å². The van der Waals surface area contributed by atoms with Crippen LogP contribution in [-0.4, -0.2) is 94.9 Å². The van der Waals surface area contributed by atoms with Gasteiger partial charge in [0.05, 0.1) is 25.4 Å². The van der Waals surface area contributed by atoms with E-state index in [0.29, 0.717) is 38.4 Å². The second-order valence-corrected chi connectivity index (χ2v) is 19.9. The van der Waals surface area contributed by atoms with Crippen molar-refractivity contribution in [2.75, 3.05) is 31.3 Å². The van der Waals surface area contributed by atoms with E-state index in [0.717, 1.165) is 90.0 Å². The second-order valence-electron chi connectivity index (χ2n) is 19.9. The van der Waals surface area contributed by atoms with Gasteiger partial charge >= 0.3 is 0 Å². The van der Waals surface area contributed by atoms with E-state index in [9.17, 15) is 20.5 Å². The third kappa shape index (κ3) is 11.1. The van der Waals surface area contributed by atoms with E-state index >= 15 is 0 Å². The summed E-state index contributed by atoms with van der Waals surface area (Å²) in [6.45, 7) is 14.3. The van der Waals surface area contributed by atoms with Crippen molar-refractivity contribution < 1.29 is 38.9 Å². The number of rotatable bonds is 17. The predicted octanol–water partition coefficient (Wildman–Crippen LogP) is 10.9. The van der Waals surface area contributed by atoms with Crippen LogP contribution in [-0.2, 0) is 19.0 Å². The van der Waals surface area contributed by atoms with Crippen molar-refractivity contribution in [1.29, 1.82) is 5.26 Å².